The molecule has 3 aromatic rings. The van der Waals surface area contributed by atoms with Crippen molar-refractivity contribution in [2.24, 2.45) is 0 Å². The molecule has 2 aromatic carbocycles. The summed E-state index contributed by atoms with van der Waals surface area (Å²) in [4.78, 5) is 26.3. The van der Waals surface area contributed by atoms with Gasteiger partial charge in [0, 0.05) is 22.8 Å². The van der Waals surface area contributed by atoms with Crippen molar-refractivity contribution in [3.05, 3.63) is 85.1 Å². The van der Waals surface area contributed by atoms with Crippen LogP contribution in [0, 0.1) is 13.8 Å². The van der Waals surface area contributed by atoms with Gasteiger partial charge >= 0.3 is 5.97 Å². The number of aryl methyl sites for hydroxylation is 2. The highest BCUT2D eigenvalue weighted by atomic mass is 35.5. The largest absolute Gasteiger partial charge is 0.462 e. The van der Waals surface area contributed by atoms with Crippen molar-refractivity contribution < 1.29 is 14.3 Å². The minimum atomic E-state index is -0.496. The maximum Gasteiger partial charge on any atom is 0.339 e. The number of rotatable bonds is 8. The van der Waals surface area contributed by atoms with Gasteiger partial charge in [-0.25, -0.2) is 4.79 Å². The normalized spacial score (nSPS) is 14.4. The van der Waals surface area contributed by atoms with E-state index in [0.717, 1.165) is 29.7 Å². The summed E-state index contributed by atoms with van der Waals surface area (Å²) in [5.74, 6) is -0.492. The maximum atomic E-state index is 13.9. The van der Waals surface area contributed by atoms with Gasteiger partial charge in [-0.3, -0.25) is 9.48 Å². The van der Waals surface area contributed by atoms with E-state index in [1.807, 2.05) is 11.6 Å². The Balaban J connectivity index is 1.54. The van der Waals surface area contributed by atoms with E-state index in [2.05, 4.69) is 38.9 Å². The monoisotopic (exact) mass is 540 g/mol. The summed E-state index contributed by atoms with van der Waals surface area (Å²) in [5, 5.41) is 5.20. The zero-order valence-electron chi connectivity index (χ0n) is 22.2. The average molecular weight is 542 g/mol. The fourth-order valence-electron chi connectivity index (χ4n) is 5.70. The number of hydrogen-bond donors (Lipinski definition) is 0. The first-order valence-electron chi connectivity index (χ1n) is 12.9. The molecular formula is C30H34Cl2N2O3. The molecule has 1 aliphatic rings. The maximum absolute atomic E-state index is 13.9. The first kappa shape index (κ1) is 27.4. The van der Waals surface area contributed by atoms with E-state index in [4.69, 9.17) is 27.9 Å². The van der Waals surface area contributed by atoms with E-state index < -0.39 is 5.97 Å². The zero-order valence-corrected chi connectivity index (χ0v) is 23.7. The van der Waals surface area contributed by atoms with Crippen LogP contribution in [-0.2, 0) is 29.5 Å². The summed E-state index contributed by atoms with van der Waals surface area (Å²) in [6.07, 6.45) is 6.16. The van der Waals surface area contributed by atoms with Crippen LogP contribution >= 0.6 is 23.2 Å². The third-order valence-corrected chi connectivity index (χ3v) is 8.05. The quantitative estimate of drug-likeness (QED) is 0.169. The Morgan fingerprint density at radius 1 is 1.11 bits per heavy atom. The minimum absolute atomic E-state index is 0.00409. The lowest BCUT2D eigenvalue weighted by molar-refractivity contribution is 0.0500. The smallest absolute Gasteiger partial charge is 0.339 e. The van der Waals surface area contributed by atoms with E-state index in [9.17, 15) is 9.59 Å². The number of benzene rings is 2. The molecule has 196 valence electrons. The van der Waals surface area contributed by atoms with Gasteiger partial charge in [0.1, 0.15) is 0 Å². The summed E-state index contributed by atoms with van der Waals surface area (Å²) >= 11 is 12.0. The number of nitrogens with zero attached hydrogens (tertiary/aromatic N) is 2. The van der Waals surface area contributed by atoms with Crippen LogP contribution in [-0.4, -0.2) is 28.1 Å². The lowest BCUT2D eigenvalue weighted by Gasteiger charge is -2.36. The summed E-state index contributed by atoms with van der Waals surface area (Å²) in [7, 11) is 0. The van der Waals surface area contributed by atoms with Crippen LogP contribution in [0.5, 0.6) is 0 Å². The molecule has 0 N–H and O–H groups in total. The number of ketones is 1. The highest BCUT2D eigenvalue weighted by Gasteiger charge is 2.32. The molecule has 5 nitrogen and oxygen atoms in total. The van der Waals surface area contributed by atoms with Gasteiger partial charge in [0.15, 0.2) is 5.78 Å². The first-order valence-corrected chi connectivity index (χ1v) is 13.7. The molecule has 1 heterocycles. The van der Waals surface area contributed by atoms with Gasteiger partial charge in [-0.2, -0.15) is 5.10 Å². The molecule has 0 unspecified atom stereocenters. The molecule has 0 saturated heterocycles. The Kier molecular flexibility index (Phi) is 8.15. The van der Waals surface area contributed by atoms with Gasteiger partial charge in [-0.05, 0) is 105 Å². The number of halogens is 2. The Labute approximate surface area is 229 Å². The fourth-order valence-corrected chi connectivity index (χ4v) is 6.18. The van der Waals surface area contributed by atoms with Gasteiger partial charge in [0.25, 0.3) is 0 Å². The van der Waals surface area contributed by atoms with Gasteiger partial charge in [0.2, 0.25) is 0 Å². The van der Waals surface area contributed by atoms with Gasteiger partial charge in [-0.15, -0.1) is 0 Å². The lowest BCUT2D eigenvalue weighted by atomic mass is 9.68. The van der Waals surface area contributed by atoms with Gasteiger partial charge in [0.05, 0.1) is 29.0 Å². The molecule has 0 aliphatic heterocycles. The standard InChI is InChI=1S/C30H34Cl2N2O3/c1-6-34-26(10-8-14-37-29(36)22-12-11-20(31)16-25(22)32)24(17-33-34)28(35)23-15-18(2)21-9-7-13-30(4,5)27(21)19(23)3/h11-12,15-17H,6-10,13-14H2,1-5H3. The molecule has 0 fully saturated rings. The molecule has 0 spiro atoms. The highest BCUT2D eigenvalue weighted by Crippen LogP contribution is 2.41. The van der Waals surface area contributed by atoms with Crippen molar-refractivity contribution in [3.8, 4) is 0 Å². The molecule has 0 radical (unpaired) electrons. The second-order valence-electron chi connectivity index (χ2n) is 10.5. The molecule has 1 aromatic heterocycles. The van der Waals surface area contributed by atoms with E-state index in [1.54, 1.807) is 18.3 Å². The summed E-state index contributed by atoms with van der Waals surface area (Å²) in [5.41, 5.74) is 7.57. The van der Waals surface area contributed by atoms with Crippen molar-refractivity contribution in [2.75, 3.05) is 6.61 Å². The molecule has 0 atom stereocenters. The number of fused-ring (bicyclic) bond motifs is 1. The second kappa shape index (κ2) is 11.0. The highest BCUT2D eigenvalue weighted by molar-refractivity contribution is 6.36. The van der Waals surface area contributed by atoms with Gasteiger partial charge in [-0.1, -0.05) is 37.0 Å². The molecule has 0 amide bonds. The first-order chi connectivity index (χ1) is 17.5. The summed E-state index contributed by atoms with van der Waals surface area (Å²) < 4.78 is 7.30. The van der Waals surface area contributed by atoms with Crippen molar-refractivity contribution in [3.63, 3.8) is 0 Å². The summed E-state index contributed by atoms with van der Waals surface area (Å²) in [6, 6.07) is 6.74. The van der Waals surface area contributed by atoms with Crippen molar-refractivity contribution >= 4 is 35.0 Å². The number of esters is 1. The average Bonchev–Trinajstić information content (AvgIpc) is 3.25. The molecule has 37 heavy (non-hydrogen) atoms. The number of aromatic nitrogens is 2. The number of carbonyl (C=O) groups excluding carboxylic acids is 2. The number of ether oxygens (including phenoxy) is 1. The lowest BCUT2D eigenvalue weighted by Crippen LogP contribution is -2.27. The van der Waals surface area contributed by atoms with Crippen LogP contribution in [0.1, 0.15) is 94.3 Å². The molecule has 4 rings (SSSR count). The third-order valence-electron chi connectivity index (χ3n) is 7.50. The molecule has 1 aliphatic carbocycles. The van der Waals surface area contributed by atoms with Gasteiger partial charge < -0.3 is 4.74 Å². The van der Waals surface area contributed by atoms with Crippen LogP contribution in [0.25, 0.3) is 0 Å². The van der Waals surface area contributed by atoms with E-state index in [-0.39, 0.29) is 28.4 Å². The molecule has 7 heteroatoms. The van der Waals surface area contributed by atoms with Crippen molar-refractivity contribution in [1.29, 1.82) is 0 Å². The predicted molar refractivity (Wildman–Crippen MR) is 148 cm³/mol. The van der Waals surface area contributed by atoms with Crippen LogP contribution in [0.3, 0.4) is 0 Å². The summed E-state index contributed by atoms with van der Waals surface area (Å²) in [6.45, 7) is 11.6. The van der Waals surface area contributed by atoms with Crippen LogP contribution < -0.4 is 0 Å². The van der Waals surface area contributed by atoms with E-state index in [0.29, 0.717) is 30.0 Å². The molecular weight excluding hydrogens is 507 g/mol. The SMILES string of the molecule is CCn1ncc(C(=O)c2cc(C)c3c(c2C)C(C)(C)CCC3)c1CCCOC(=O)c1ccc(Cl)cc1Cl. The Bertz CT molecular complexity index is 1360. The van der Waals surface area contributed by atoms with Crippen molar-refractivity contribution in [1.82, 2.24) is 9.78 Å². The topological polar surface area (TPSA) is 61.2 Å². The molecule has 0 bridgehead atoms. The Morgan fingerprint density at radius 3 is 2.57 bits per heavy atom. The van der Waals surface area contributed by atoms with E-state index >= 15 is 0 Å². The zero-order chi connectivity index (χ0) is 26.9. The Hall–Kier alpha value is -2.63. The number of carbonyl (C=O) groups is 2. The molecule has 0 saturated carbocycles. The van der Waals surface area contributed by atoms with Crippen LogP contribution in [0.15, 0.2) is 30.5 Å². The predicted octanol–water partition coefficient (Wildman–Crippen LogP) is 7.46. The second-order valence-corrected chi connectivity index (χ2v) is 11.3. The van der Waals surface area contributed by atoms with Crippen molar-refractivity contribution in [2.45, 2.75) is 78.7 Å². The number of hydrogen-bond acceptors (Lipinski definition) is 4. The van der Waals surface area contributed by atoms with Crippen LogP contribution in [0.2, 0.25) is 10.0 Å². The minimum Gasteiger partial charge on any atom is -0.462 e. The third kappa shape index (κ3) is 5.49. The van der Waals surface area contributed by atoms with E-state index in [1.165, 1.54) is 29.2 Å². The Morgan fingerprint density at radius 2 is 1.86 bits per heavy atom. The fraction of sp³-hybridized carbons (Fsp3) is 0.433. The van der Waals surface area contributed by atoms with Crippen LogP contribution in [0.4, 0.5) is 0 Å².